The van der Waals surface area contributed by atoms with Crippen molar-refractivity contribution in [2.75, 3.05) is 0 Å². The zero-order valence-electron chi connectivity index (χ0n) is 24.5. The number of aryl methyl sites for hydroxylation is 1. The molecule has 0 fully saturated rings. The summed E-state index contributed by atoms with van der Waals surface area (Å²) in [6.07, 6.45) is 0. The first kappa shape index (κ1) is 29.3. The highest BCUT2D eigenvalue weighted by Crippen LogP contribution is 2.30. The Morgan fingerprint density at radius 3 is 2.28 bits per heavy atom. The van der Waals surface area contributed by atoms with Gasteiger partial charge in [-0.15, -0.1) is 0 Å². The van der Waals surface area contributed by atoms with E-state index in [0.717, 1.165) is 38.9 Å². The number of carboxylic acids is 1. The summed E-state index contributed by atoms with van der Waals surface area (Å²) in [4.78, 5) is 44.1. The zero-order chi connectivity index (χ0) is 30.9. The van der Waals surface area contributed by atoms with E-state index in [-0.39, 0.29) is 24.8 Å². The van der Waals surface area contributed by atoms with Crippen molar-refractivity contribution in [3.63, 3.8) is 0 Å². The zero-order valence-corrected chi connectivity index (χ0v) is 24.5. The van der Waals surface area contributed by atoms with Crippen LogP contribution < -0.4 is 5.73 Å². The van der Waals surface area contributed by atoms with Gasteiger partial charge in [-0.1, -0.05) is 66.7 Å². The number of nitrogens with two attached hydrogens (primary N) is 1. The predicted octanol–water partition coefficient (Wildman–Crippen LogP) is 6.42. The third-order valence-electron chi connectivity index (χ3n) is 7.91. The number of carbonyl (C=O) groups excluding carboxylic acids is 2. The van der Waals surface area contributed by atoms with E-state index in [1.165, 1.54) is 6.07 Å². The summed E-state index contributed by atoms with van der Waals surface area (Å²) in [6, 6.07) is 26.1. The van der Waals surface area contributed by atoms with E-state index in [4.69, 9.17) is 10.2 Å². The Labute approximate surface area is 249 Å². The fourth-order valence-corrected chi connectivity index (χ4v) is 5.08. The van der Waals surface area contributed by atoms with E-state index in [1.807, 2.05) is 86.6 Å². The normalized spacial score (nSPS) is 11.4. The number of benzene rings is 3. The van der Waals surface area contributed by atoms with Crippen molar-refractivity contribution in [2.24, 2.45) is 5.73 Å². The molecule has 0 aliphatic carbocycles. The van der Waals surface area contributed by atoms with E-state index >= 15 is 0 Å². The smallest absolute Gasteiger partial charge is 0.313 e. The van der Waals surface area contributed by atoms with Gasteiger partial charge >= 0.3 is 5.97 Å². The van der Waals surface area contributed by atoms with Crippen LogP contribution in [0.1, 0.15) is 62.9 Å². The second kappa shape index (κ2) is 11.6. The van der Waals surface area contributed by atoms with Gasteiger partial charge in [0, 0.05) is 17.6 Å². The maximum atomic E-state index is 14.3. The van der Waals surface area contributed by atoms with Crippen LogP contribution >= 0.6 is 0 Å². The lowest BCUT2D eigenvalue weighted by Gasteiger charge is -2.24. The summed E-state index contributed by atoms with van der Waals surface area (Å²) < 4.78 is 5.65. The summed E-state index contributed by atoms with van der Waals surface area (Å²) in [5, 5.41) is 10.4. The predicted molar refractivity (Wildman–Crippen MR) is 165 cm³/mol. The van der Waals surface area contributed by atoms with Crippen LogP contribution in [0, 0.1) is 13.8 Å². The third kappa shape index (κ3) is 5.90. The topological polar surface area (TPSA) is 127 Å². The third-order valence-corrected chi connectivity index (χ3v) is 7.91. The molecule has 0 unspecified atom stereocenters. The molecule has 0 atom stereocenters. The number of amides is 2. The molecule has 5 rings (SSSR count). The molecule has 2 heterocycles. The lowest BCUT2D eigenvalue weighted by atomic mass is 9.83. The van der Waals surface area contributed by atoms with Gasteiger partial charge in [-0.3, -0.25) is 19.4 Å². The Balaban J connectivity index is 1.49. The molecule has 0 aliphatic heterocycles. The average Bonchev–Trinajstić information content (AvgIpc) is 3.47. The molecule has 0 saturated carbocycles. The maximum Gasteiger partial charge on any atom is 0.313 e. The largest absolute Gasteiger partial charge is 0.481 e. The van der Waals surface area contributed by atoms with Gasteiger partial charge in [0.25, 0.3) is 11.8 Å². The van der Waals surface area contributed by atoms with Crippen molar-refractivity contribution in [1.29, 1.82) is 0 Å². The summed E-state index contributed by atoms with van der Waals surface area (Å²) in [5.41, 5.74) is 10.7. The molecule has 0 bridgehead atoms. The van der Waals surface area contributed by atoms with Crippen molar-refractivity contribution < 1.29 is 23.9 Å². The van der Waals surface area contributed by atoms with Gasteiger partial charge in [-0.05, 0) is 73.7 Å². The number of pyridine rings is 1. The summed E-state index contributed by atoms with van der Waals surface area (Å²) in [7, 11) is 0. The molecule has 0 aliphatic rings. The standard InChI is InChI=1S/C35H33N3O5/c1-21-22(2)37-29-11-6-5-10-28(29)31(21)33(40)38(20-27-16-17-30(43-27)32(36)39)19-23-12-14-24(15-13-23)25-8-7-9-26(18-25)35(3,4)34(41)42/h5-18H,19-20H2,1-4H3,(H2,36,39)(H,41,42). The molecule has 0 saturated heterocycles. The van der Waals surface area contributed by atoms with Gasteiger partial charge < -0.3 is 20.2 Å². The number of rotatable bonds is 9. The molecule has 2 aromatic heterocycles. The lowest BCUT2D eigenvalue weighted by molar-refractivity contribution is -0.142. The Hall–Kier alpha value is -5.24. The second-order valence-electron chi connectivity index (χ2n) is 11.2. The molecule has 8 heteroatoms. The van der Waals surface area contributed by atoms with Gasteiger partial charge in [0.1, 0.15) is 5.76 Å². The molecular formula is C35H33N3O5. The van der Waals surface area contributed by atoms with Crippen molar-refractivity contribution in [3.05, 3.63) is 124 Å². The monoisotopic (exact) mass is 575 g/mol. The molecule has 0 spiro atoms. The fraction of sp³-hybridized carbons (Fsp3) is 0.200. The van der Waals surface area contributed by atoms with Gasteiger partial charge in [0.15, 0.2) is 5.76 Å². The number of para-hydroxylation sites is 1. The van der Waals surface area contributed by atoms with Crippen molar-refractivity contribution in [1.82, 2.24) is 9.88 Å². The van der Waals surface area contributed by atoms with Crippen LogP contribution in [0.3, 0.4) is 0 Å². The highest BCUT2D eigenvalue weighted by molar-refractivity contribution is 6.07. The number of furan rings is 1. The Bertz CT molecular complexity index is 1850. The number of nitrogens with zero attached hydrogens (tertiary/aromatic N) is 2. The lowest BCUT2D eigenvalue weighted by Crippen LogP contribution is -2.31. The SMILES string of the molecule is Cc1nc2ccccc2c(C(=O)N(Cc2ccc(-c3cccc(C(C)(C)C(=O)O)c3)cc2)Cc2ccc(C(N)=O)o2)c1C. The average molecular weight is 576 g/mol. The van der Waals surface area contributed by atoms with E-state index in [0.29, 0.717) is 16.9 Å². The molecule has 8 nitrogen and oxygen atoms in total. The second-order valence-corrected chi connectivity index (χ2v) is 11.2. The maximum absolute atomic E-state index is 14.3. The van der Waals surface area contributed by atoms with Crippen LogP contribution in [-0.2, 0) is 23.3 Å². The molecule has 43 heavy (non-hydrogen) atoms. The molecule has 218 valence electrons. The number of fused-ring (bicyclic) bond motifs is 1. The molecule has 3 N–H and O–H groups in total. The van der Waals surface area contributed by atoms with Gasteiger partial charge in [-0.2, -0.15) is 0 Å². The van der Waals surface area contributed by atoms with E-state index in [1.54, 1.807) is 24.8 Å². The van der Waals surface area contributed by atoms with Crippen molar-refractivity contribution >= 4 is 28.7 Å². The van der Waals surface area contributed by atoms with Crippen LogP contribution in [0.25, 0.3) is 22.0 Å². The minimum atomic E-state index is -1.02. The Kier molecular flexibility index (Phi) is 7.87. The molecule has 5 aromatic rings. The number of aliphatic carboxylic acids is 1. The van der Waals surface area contributed by atoms with E-state index < -0.39 is 17.3 Å². The van der Waals surface area contributed by atoms with Crippen LogP contribution in [0.4, 0.5) is 0 Å². The number of aromatic nitrogens is 1. The molecule has 3 aromatic carbocycles. The first-order chi connectivity index (χ1) is 20.5. The molecule has 0 radical (unpaired) electrons. The molecular weight excluding hydrogens is 542 g/mol. The van der Waals surface area contributed by atoms with E-state index in [9.17, 15) is 19.5 Å². The van der Waals surface area contributed by atoms with Crippen LogP contribution in [0.2, 0.25) is 0 Å². The number of primary amides is 1. The van der Waals surface area contributed by atoms with Gasteiger partial charge in [0.05, 0.1) is 23.0 Å². The number of hydrogen-bond acceptors (Lipinski definition) is 5. The molecule has 2 amide bonds. The van der Waals surface area contributed by atoms with Crippen LogP contribution in [0.5, 0.6) is 0 Å². The minimum Gasteiger partial charge on any atom is -0.481 e. The number of carbonyl (C=O) groups is 3. The summed E-state index contributed by atoms with van der Waals surface area (Å²) >= 11 is 0. The Morgan fingerprint density at radius 1 is 0.884 bits per heavy atom. The van der Waals surface area contributed by atoms with E-state index in [2.05, 4.69) is 4.98 Å². The number of carboxylic acid groups (broad SMARTS) is 1. The number of hydrogen-bond donors (Lipinski definition) is 2. The minimum absolute atomic E-state index is 0.0291. The van der Waals surface area contributed by atoms with Crippen LogP contribution in [-0.4, -0.2) is 32.8 Å². The van der Waals surface area contributed by atoms with Gasteiger partial charge in [0.2, 0.25) is 0 Å². The van der Waals surface area contributed by atoms with Crippen LogP contribution in [0.15, 0.2) is 89.3 Å². The fourth-order valence-electron chi connectivity index (χ4n) is 5.08. The van der Waals surface area contributed by atoms with Gasteiger partial charge in [-0.25, -0.2) is 0 Å². The quantitative estimate of drug-likeness (QED) is 0.209. The summed E-state index contributed by atoms with van der Waals surface area (Å²) in [5.74, 6) is -1.30. The Morgan fingerprint density at radius 2 is 1.60 bits per heavy atom. The summed E-state index contributed by atoms with van der Waals surface area (Å²) in [6.45, 7) is 7.54. The van der Waals surface area contributed by atoms with Crippen molar-refractivity contribution in [3.8, 4) is 11.1 Å². The highest BCUT2D eigenvalue weighted by Gasteiger charge is 2.29. The van der Waals surface area contributed by atoms with Crippen molar-refractivity contribution in [2.45, 2.75) is 46.2 Å². The highest BCUT2D eigenvalue weighted by atomic mass is 16.4. The first-order valence-corrected chi connectivity index (χ1v) is 13.9. The first-order valence-electron chi connectivity index (χ1n) is 13.9.